The molecule has 0 spiro atoms. The maximum absolute atomic E-state index is 4.78. The van der Waals surface area contributed by atoms with Gasteiger partial charge in [0.1, 0.15) is 5.65 Å². The van der Waals surface area contributed by atoms with E-state index in [1.54, 1.807) is 0 Å². The topological polar surface area (TPSA) is 20.5 Å². The molecule has 1 aliphatic heterocycles. The number of hydrogen-bond acceptors (Lipinski definition) is 2. The third kappa shape index (κ3) is 2.43. The molecule has 3 heterocycles. The van der Waals surface area contributed by atoms with Crippen molar-refractivity contribution in [3.8, 4) is 0 Å². The van der Waals surface area contributed by atoms with Gasteiger partial charge in [-0.2, -0.15) is 0 Å². The number of imidazole rings is 1. The van der Waals surface area contributed by atoms with Crippen LogP contribution in [0.1, 0.15) is 30.8 Å². The van der Waals surface area contributed by atoms with Crippen LogP contribution in [-0.2, 0) is 13.0 Å². The molecule has 2 aromatic rings. The zero-order valence-electron chi connectivity index (χ0n) is 11.8. The van der Waals surface area contributed by atoms with Crippen molar-refractivity contribution in [2.75, 3.05) is 13.1 Å². The third-order valence-electron chi connectivity index (χ3n) is 3.75. The quantitative estimate of drug-likeness (QED) is 0.844. The van der Waals surface area contributed by atoms with Gasteiger partial charge in [0.2, 0.25) is 0 Å². The fourth-order valence-electron chi connectivity index (χ4n) is 2.85. The van der Waals surface area contributed by atoms with Gasteiger partial charge in [-0.3, -0.25) is 4.90 Å². The summed E-state index contributed by atoms with van der Waals surface area (Å²) in [4.78, 5) is 7.32. The summed E-state index contributed by atoms with van der Waals surface area (Å²) >= 11 is 3.62. The minimum Gasteiger partial charge on any atom is -0.301 e. The molecule has 0 atom stereocenters. The van der Waals surface area contributed by atoms with Crippen molar-refractivity contribution < 1.29 is 0 Å². The number of nitrogens with zero attached hydrogens (tertiary/aromatic N) is 3. The van der Waals surface area contributed by atoms with E-state index >= 15 is 0 Å². The first kappa shape index (κ1) is 13.1. The summed E-state index contributed by atoms with van der Waals surface area (Å²) in [7, 11) is 0. The number of fused-ring (bicyclic) bond motifs is 3. The lowest BCUT2D eigenvalue weighted by molar-refractivity contribution is 0.222. The maximum Gasteiger partial charge on any atom is 0.137 e. The van der Waals surface area contributed by atoms with Crippen molar-refractivity contribution in [2.24, 2.45) is 5.92 Å². The third-order valence-corrected chi connectivity index (χ3v) is 4.58. The minimum absolute atomic E-state index is 0.717. The monoisotopic (exact) mass is 321 g/mol. The Morgan fingerprint density at radius 1 is 1.42 bits per heavy atom. The van der Waals surface area contributed by atoms with Crippen LogP contribution in [0.2, 0.25) is 0 Å². The highest BCUT2D eigenvalue weighted by Crippen LogP contribution is 2.25. The summed E-state index contributed by atoms with van der Waals surface area (Å²) in [5, 5.41) is 0. The second-order valence-corrected chi connectivity index (χ2v) is 6.77. The van der Waals surface area contributed by atoms with E-state index in [0.29, 0.717) is 0 Å². The molecule has 3 rings (SSSR count). The molecule has 19 heavy (non-hydrogen) atoms. The van der Waals surface area contributed by atoms with Gasteiger partial charge in [-0.15, -0.1) is 0 Å². The number of halogens is 1. The highest BCUT2D eigenvalue weighted by atomic mass is 79.9. The summed E-state index contributed by atoms with van der Waals surface area (Å²) in [5.74, 6) is 0.717. The Morgan fingerprint density at radius 3 is 2.95 bits per heavy atom. The highest BCUT2D eigenvalue weighted by Gasteiger charge is 2.22. The first-order valence-corrected chi connectivity index (χ1v) is 7.72. The van der Waals surface area contributed by atoms with Gasteiger partial charge in [-0.1, -0.05) is 13.8 Å². The van der Waals surface area contributed by atoms with Gasteiger partial charge in [0.05, 0.1) is 11.4 Å². The van der Waals surface area contributed by atoms with Crippen LogP contribution in [0, 0.1) is 12.8 Å². The molecular formula is C15H20BrN3. The molecule has 0 fully saturated rings. The molecule has 4 heteroatoms. The average molecular weight is 322 g/mol. The summed E-state index contributed by atoms with van der Waals surface area (Å²) in [6.45, 7) is 10.00. The Labute approximate surface area is 122 Å². The zero-order valence-corrected chi connectivity index (χ0v) is 13.4. The lowest BCUT2D eigenvalue weighted by Gasteiger charge is -2.27. The zero-order chi connectivity index (χ0) is 13.6. The van der Waals surface area contributed by atoms with E-state index in [4.69, 9.17) is 4.98 Å². The molecule has 0 N–H and O–H groups in total. The molecule has 102 valence electrons. The summed E-state index contributed by atoms with van der Waals surface area (Å²) in [5.41, 5.74) is 4.96. The van der Waals surface area contributed by atoms with Crippen LogP contribution >= 0.6 is 15.9 Å². The minimum atomic E-state index is 0.717. The van der Waals surface area contributed by atoms with Crippen molar-refractivity contribution in [1.29, 1.82) is 0 Å². The molecular weight excluding hydrogens is 302 g/mol. The normalized spacial score (nSPS) is 16.3. The lowest BCUT2D eigenvalue weighted by Crippen LogP contribution is -2.33. The number of rotatable bonds is 2. The van der Waals surface area contributed by atoms with Crippen molar-refractivity contribution in [1.82, 2.24) is 14.3 Å². The van der Waals surface area contributed by atoms with E-state index in [2.05, 4.69) is 58.3 Å². The SMILES string of the molecule is Cc1cc2nc3c(n2cc1Br)CN(CC(C)C)CC3. The second-order valence-electron chi connectivity index (χ2n) is 5.92. The molecule has 0 bridgehead atoms. The number of aromatic nitrogens is 2. The Balaban J connectivity index is 2.01. The van der Waals surface area contributed by atoms with Crippen LogP contribution in [0.3, 0.4) is 0 Å². The van der Waals surface area contributed by atoms with E-state index < -0.39 is 0 Å². The summed E-state index contributed by atoms with van der Waals surface area (Å²) in [6, 6.07) is 2.16. The van der Waals surface area contributed by atoms with Crippen LogP contribution < -0.4 is 0 Å². The Morgan fingerprint density at radius 2 is 2.21 bits per heavy atom. The van der Waals surface area contributed by atoms with Gasteiger partial charge in [0, 0.05) is 36.7 Å². The Bertz CT molecular complexity index is 615. The molecule has 2 aromatic heterocycles. The predicted octanol–water partition coefficient (Wildman–Crippen LogP) is 3.42. The van der Waals surface area contributed by atoms with E-state index in [1.165, 1.54) is 23.5 Å². The number of pyridine rings is 1. The average Bonchev–Trinajstić information content (AvgIpc) is 2.67. The fourth-order valence-corrected chi connectivity index (χ4v) is 3.17. The molecule has 0 amide bonds. The van der Waals surface area contributed by atoms with Gasteiger partial charge in [-0.05, 0) is 40.4 Å². The molecule has 0 unspecified atom stereocenters. The van der Waals surface area contributed by atoms with Crippen LogP contribution in [0.25, 0.3) is 5.65 Å². The first-order chi connectivity index (χ1) is 9.04. The van der Waals surface area contributed by atoms with Crippen molar-refractivity contribution in [3.05, 3.63) is 33.7 Å². The largest absolute Gasteiger partial charge is 0.301 e. The van der Waals surface area contributed by atoms with E-state index in [9.17, 15) is 0 Å². The first-order valence-electron chi connectivity index (χ1n) is 6.93. The lowest BCUT2D eigenvalue weighted by atomic mass is 10.1. The second kappa shape index (κ2) is 4.91. The van der Waals surface area contributed by atoms with E-state index in [0.717, 1.165) is 35.5 Å². The van der Waals surface area contributed by atoms with E-state index in [-0.39, 0.29) is 0 Å². The summed E-state index contributed by atoms with van der Waals surface area (Å²) in [6.07, 6.45) is 3.23. The molecule has 0 radical (unpaired) electrons. The molecule has 0 saturated heterocycles. The highest BCUT2D eigenvalue weighted by molar-refractivity contribution is 9.10. The van der Waals surface area contributed by atoms with E-state index in [1.807, 2.05) is 0 Å². The van der Waals surface area contributed by atoms with Gasteiger partial charge in [0.15, 0.2) is 0 Å². The number of hydrogen-bond donors (Lipinski definition) is 0. The fraction of sp³-hybridized carbons (Fsp3) is 0.533. The van der Waals surface area contributed by atoms with Gasteiger partial charge in [-0.25, -0.2) is 4.98 Å². The predicted molar refractivity (Wildman–Crippen MR) is 81.4 cm³/mol. The van der Waals surface area contributed by atoms with Crippen LogP contribution in [0.15, 0.2) is 16.7 Å². The standard InChI is InChI=1S/C15H20BrN3/c1-10(2)7-18-5-4-13-14(9-18)19-8-12(16)11(3)6-15(19)17-13/h6,8,10H,4-5,7,9H2,1-3H3. The van der Waals surface area contributed by atoms with Crippen LogP contribution in [0.5, 0.6) is 0 Å². The molecule has 3 nitrogen and oxygen atoms in total. The van der Waals surface area contributed by atoms with Crippen LogP contribution in [0.4, 0.5) is 0 Å². The maximum atomic E-state index is 4.78. The van der Waals surface area contributed by atoms with Gasteiger partial charge < -0.3 is 4.40 Å². The molecule has 0 aliphatic carbocycles. The van der Waals surface area contributed by atoms with Crippen LogP contribution in [-0.4, -0.2) is 27.4 Å². The van der Waals surface area contributed by atoms with Crippen molar-refractivity contribution in [2.45, 2.75) is 33.7 Å². The van der Waals surface area contributed by atoms with Gasteiger partial charge >= 0.3 is 0 Å². The molecule has 1 aliphatic rings. The van der Waals surface area contributed by atoms with Crippen molar-refractivity contribution >= 4 is 21.6 Å². The number of aryl methyl sites for hydroxylation is 1. The summed E-state index contributed by atoms with van der Waals surface area (Å²) < 4.78 is 3.40. The Hall–Kier alpha value is -0.870. The van der Waals surface area contributed by atoms with Gasteiger partial charge in [0.25, 0.3) is 0 Å². The van der Waals surface area contributed by atoms with Crippen molar-refractivity contribution in [3.63, 3.8) is 0 Å². The molecule has 0 saturated carbocycles. The smallest absolute Gasteiger partial charge is 0.137 e. The molecule has 0 aromatic carbocycles. The Kier molecular flexibility index (Phi) is 3.39.